The van der Waals surface area contributed by atoms with Crippen LogP contribution in [0.15, 0.2) is 152 Å². The molecule has 74 heavy (non-hydrogen) atoms. The van der Waals surface area contributed by atoms with Gasteiger partial charge in [-0.15, -0.1) is 0 Å². The first kappa shape index (κ1) is 51.1. The van der Waals surface area contributed by atoms with Crippen molar-refractivity contribution in [3.05, 3.63) is 179 Å². The number of ether oxygens (including phenoxy) is 3. The number of dihydropyridines is 1. The predicted octanol–water partition coefficient (Wildman–Crippen LogP) is 11.0. The largest absolute Gasteiger partial charge is 0.508 e. The number of carbonyl (C=O) groups excluding carboxylic acids is 3. The van der Waals surface area contributed by atoms with E-state index in [1.807, 2.05) is 37.4 Å². The lowest BCUT2D eigenvalue weighted by Gasteiger charge is -2.38. The van der Waals surface area contributed by atoms with Gasteiger partial charge >= 0.3 is 5.97 Å². The van der Waals surface area contributed by atoms with Gasteiger partial charge in [-0.1, -0.05) is 67.6 Å². The summed E-state index contributed by atoms with van der Waals surface area (Å²) in [5.74, 6) is 1.96. The first-order chi connectivity index (χ1) is 35.8. The summed E-state index contributed by atoms with van der Waals surface area (Å²) in [6.45, 7) is 6.58. The number of esters is 1. The van der Waals surface area contributed by atoms with E-state index in [1.165, 1.54) is 12.5 Å². The summed E-state index contributed by atoms with van der Waals surface area (Å²) in [5, 5.41) is 30.0. The molecule has 3 aliphatic rings. The van der Waals surface area contributed by atoms with Crippen LogP contribution >= 0.6 is 0 Å². The van der Waals surface area contributed by atoms with Gasteiger partial charge in [0.1, 0.15) is 40.7 Å². The maximum atomic E-state index is 14.9. The predicted molar refractivity (Wildman–Crippen MR) is 289 cm³/mol. The molecule has 4 heterocycles. The second-order valence-electron chi connectivity index (χ2n) is 20.1. The lowest BCUT2D eigenvalue weighted by Crippen LogP contribution is -2.35. The summed E-state index contributed by atoms with van der Waals surface area (Å²) in [7, 11) is 3.43. The van der Waals surface area contributed by atoms with Crippen LogP contribution in [-0.4, -0.2) is 70.7 Å². The molecule has 4 aromatic carbocycles. The van der Waals surface area contributed by atoms with E-state index in [0.29, 0.717) is 69.0 Å². The van der Waals surface area contributed by atoms with Crippen LogP contribution < -0.4 is 25.0 Å². The van der Waals surface area contributed by atoms with E-state index in [4.69, 9.17) is 14.2 Å². The molecule has 0 saturated heterocycles. The Kier molecular flexibility index (Phi) is 15.6. The van der Waals surface area contributed by atoms with E-state index in [1.54, 1.807) is 44.4 Å². The zero-order valence-electron chi connectivity index (χ0n) is 42.9. The van der Waals surface area contributed by atoms with Crippen molar-refractivity contribution in [2.45, 2.75) is 90.3 Å². The average Bonchev–Trinajstić information content (AvgIpc) is 4.02. The van der Waals surface area contributed by atoms with E-state index in [-0.39, 0.29) is 53.2 Å². The van der Waals surface area contributed by atoms with Gasteiger partial charge in [0.25, 0.3) is 0 Å². The fourth-order valence-electron chi connectivity index (χ4n) is 11.1. The number of allylic oxidation sites excluding steroid dienone is 6. The third-order valence-electron chi connectivity index (χ3n) is 14.9. The number of benzene rings is 4. The van der Waals surface area contributed by atoms with Crippen molar-refractivity contribution in [2.24, 2.45) is 11.3 Å². The summed E-state index contributed by atoms with van der Waals surface area (Å²) in [4.78, 5) is 46.3. The molecule has 384 valence electrons. The normalized spacial score (nSPS) is 21.3. The molecule has 6 aromatic rings. The lowest BCUT2D eigenvalue weighted by atomic mass is 9.66. The molecule has 5 unspecified atom stereocenters. The molecule has 0 fully saturated rings. The van der Waals surface area contributed by atoms with Gasteiger partial charge in [0.05, 0.1) is 18.8 Å². The molecule has 0 amide bonds. The third-order valence-corrected chi connectivity index (χ3v) is 14.9. The number of H-pyrrole nitrogens is 1. The molecule has 2 aliphatic heterocycles. The first-order valence-corrected chi connectivity index (χ1v) is 25.6. The number of aromatic nitrogens is 2. The maximum absolute atomic E-state index is 14.9. The molecule has 13 nitrogen and oxygen atoms in total. The number of rotatable bonds is 11. The summed E-state index contributed by atoms with van der Waals surface area (Å²) in [5.41, 5.74) is 6.46. The van der Waals surface area contributed by atoms with Crippen molar-refractivity contribution in [3.63, 3.8) is 0 Å². The molecule has 5 N–H and O–H groups in total. The molecule has 0 saturated carbocycles. The highest BCUT2D eigenvalue weighted by atomic mass is 16.5. The van der Waals surface area contributed by atoms with Gasteiger partial charge in [0.15, 0.2) is 11.5 Å². The van der Waals surface area contributed by atoms with Gasteiger partial charge in [-0.25, -0.2) is 0 Å². The number of nitrogens with one attached hydrogen (secondary N) is 3. The zero-order valence-corrected chi connectivity index (χ0v) is 42.9. The molecular formula is C61H67N5O8. The van der Waals surface area contributed by atoms with Crippen molar-refractivity contribution in [3.8, 4) is 28.7 Å². The highest BCUT2D eigenvalue weighted by Gasteiger charge is 2.37. The number of anilines is 1. The van der Waals surface area contributed by atoms with Crippen molar-refractivity contribution in [1.82, 2.24) is 20.2 Å². The van der Waals surface area contributed by atoms with Crippen LogP contribution in [0.25, 0.3) is 10.8 Å². The number of aromatic amines is 1. The number of nitrogens with zero attached hydrogens (tertiary/aromatic N) is 2. The number of fused-ring (bicyclic) bond motifs is 3. The van der Waals surface area contributed by atoms with Crippen LogP contribution in [0.1, 0.15) is 92.7 Å². The van der Waals surface area contributed by atoms with Crippen molar-refractivity contribution < 1.29 is 38.8 Å². The van der Waals surface area contributed by atoms with Crippen LogP contribution in [0.4, 0.5) is 5.69 Å². The number of ketones is 2. The lowest BCUT2D eigenvalue weighted by molar-refractivity contribution is -0.148. The number of hydrogen-bond donors (Lipinski definition) is 5. The van der Waals surface area contributed by atoms with Crippen LogP contribution in [0.5, 0.6) is 28.7 Å². The standard InChI is InChI=1S/C61H67N5O8/c1-39-11-6-7-21-61(39)22-18-53(73-41(3)68)31-51(71)32-57(45-25-47(34-62-4)60(58(28-45)72-5)74-52-16-10-15-50(70)30-52)65-37-44-13-9-17-56(55(44)38-65)66(24-20-40(2)67)59-29-43(19-23-64-59)54(42-12-8-14-49(69)26-42)27-46-35-63-36-48(46)33-61/h6-17,19,21,25-26,28-30,35-39,53-54,57,62-64,69-70H,18,20,22-24,27,31-34H2,1-5H3. The highest BCUT2D eigenvalue weighted by molar-refractivity contribution is 5.95. The van der Waals surface area contributed by atoms with E-state index in [0.717, 1.165) is 50.1 Å². The van der Waals surface area contributed by atoms with Crippen LogP contribution in [-0.2, 0) is 38.5 Å². The van der Waals surface area contributed by atoms with Gasteiger partial charge in [0, 0.05) is 98.9 Å². The summed E-state index contributed by atoms with van der Waals surface area (Å²) >= 11 is 0. The summed E-state index contributed by atoms with van der Waals surface area (Å²) < 4.78 is 20.6. The number of hydrogen-bond acceptors (Lipinski definition) is 11. The minimum Gasteiger partial charge on any atom is -0.508 e. The fraction of sp³-hybridized carbons (Fsp3) is 0.328. The number of phenols is 2. The van der Waals surface area contributed by atoms with Gasteiger partial charge in [-0.3, -0.25) is 14.4 Å². The van der Waals surface area contributed by atoms with Crippen LogP contribution in [0.3, 0.4) is 0 Å². The fourth-order valence-corrected chi connectivity index (χ4v) is 11.1. The van der Waals surface area contributed by atoms with Crippen LogP contribution in [0.2, 0.25) is 0 Å². The van der Waals surface area contributed by atoms with E-state index in [9.17, 15) is 24.6 Å². The molecule has 4 bridgehead atoms. The number of phenolic OH excluding ortho intramolecular Hbond substituents is 2. The zero-order chi connectivity index (χ0) is 51.9. The maximum Gasteiger partial charge on any atom is 0.302 e. The highest BCUT2D eigenvalue weighted by Crippen LogP contribution is 2.45. The molecule has 1 spiro atoms. The molecule has 9 rings (SSSR count). The van der Waals surface area contributed by atoms with Crippen molar-refractivity contribution >= 4 is 34.0 Å². The number of aromatic hydroxyl groups is 2. The topological polar surface area (TPSA) is 167 Å². The number of methoxy groups -OCH3 is 1. The smallest absolute Gasteiger partial charge is 0.302 e. The first-order valence-electron chi connectivity index (χ1n) is 25.6. The Morgan fingerprint density at radius 2 is 1.70 bits per heavy atom. The van der Waals surface area contributed by atoms with Gasteiger partial charge < -0.3 is 49.5 Å². The van der Waals surface area contributed by atoms with Crippen LogP contribution in [0, 0.1) is 11.3 Å². The number of Topliss-reactive ketones (excluding diaryl/α,β-unsaturated/α-hetero) is 2. The summed E-state index contributed by atoms with van der Waals surface area (Å²) in [6.07, 6.45) is 23.6. The molecule has 5 atom stereocenters. The average molecular weight is 998 g/mol. The Labute approximate surface area is 433 Å². The summed E-state index contributed by atoms with van der Waals surface area (Å²) in [6, 6.07) is 23.6. The van der Waals surface area contributed by atoms with E-state index < -0.39 is 18.1 Å². The quantitative estimate of drug-likeness (QED) is 0.0784. The van der Waals surface area contributed by atoms with Gasteiger partial charge in [0.2, 0.25) is 0 Å². The minimum atomic E-state index is -0.678. The molecule has 0 radical (unpaired) electrons. The van der Waals surface area contributed by atoms with E-state index in [2.05, 4.69) is 111 Å². The third kappa shape index (κ3) is 11.5. The Hall–Kier alpha value is -7.77. The Bertz CT molecular complexity index is 3160. The number of carbonyl (C=O) groups is 3. The molecule has 2 aromatic heterocycles. The second-order valence-corrected chi connectivity index (χ2v) is 20.1. The van der Waals surface area contributed by atoms with Gasteiger partial charge in [-0.2, -0.15) is 0 Å². The second kappa shape index (κ2) is 22.6. The monoisotopic (exact) mass is 997 g/mol. The molecule has 13 heteroatoms. The Morgan fingerprint density at radius 1 is 0.905 bits per heavy atom. The Balaban J connectivity index is 1.22. The van der Waals surface area contributed by atoms with Crippen molar-refractivity contribution in [2.75, 3.05) is 32.1 Å². The Morgan fingerprint density at radius 3 is 2.46 bits per heavy atom. The molecule has 1 aliphatic carbocycles. The SMILES string of the molecule is CNCc1cc(C2CC(=O)CC(OC(C)=O)CCC3(C=CC=CC3C)Cc3c[nH]cc3CC(c3cccc(O)c3)C3=CCNC(=C3)N(CCC(C)=O)c3cccc4cn2cc34)cc(OC)c1Oc1cccc(O)c1. The minimum absolute atomic E-state index is 0.0140. The van der Waals surface area contributed by atoms with Gasteiger partial charge in [-0.05, 0) is 127 Å². The molecular weight excluding hydrogens is 931 g/mol. The van der Waals surface area contributed by atoms with Crippen molar-refractivity contribution in [1.29, 1.82) is 0 Å². The van der Waals surface area contributed by atoms with E-state index >= 15 is 0 Å².